The van der Waals surface area contributed by atoms with Gasteiger partial charge in [0.25, 0.3) is 5.56 Å². The van der Waals surface area contributed by atoms with Crippen LogP contribution in [0.2, 0.25) is 0 Å². The fourth-order valence-electron chi connectivity index (χ4n) is 3.83. The van der Waals surface area contributed by atoms with Crippen molar-refractivity contribution in [2.75, 3.05) is 33.4 Å². The van der Waals surface area contributed by atoms with Crippen LogP contribution in [0.5, 0.6) is 0 Å². The number of carbonyl (C=O) groups is 1. The summed E-state index contributed by atoms with van der Waals surface area (Å²) in [6.07, 6.45) is 1.98. The molecule has 31 heavy (non-hydrogen) atoms. The number of thiophene rings is 1. The summed E-state index contributed by atoms with van der Waals surface area (Å²) in [6, 6.07) is 0. The lowest BCUT2D eigenvalue weighted by Gasteiger charge is -2.30. The van der Waals surface area contributed by atoms with Gasteiger partial charge in [0.15, 0.2) is 5.82 Å². The molecule has 4 rings (SSSR count). The zero-order valence-electron chi connectivity index (χ0n) is 17.8. The first-order chi connectivity index (χ1) is 15.0. The van der Waals surface area contributed by atoms with Gasteiger partial charge in [-0.05, 0) is 38.8 Å². The summed E-state index contributed by atoms with van der Waals surface area (Å²) < 4.78 is 15.4. The Morgan fingerprint density at radius 3 is 2.90 bits per heavy atom. The highest BCUT2D eigenvalue weighted by Gasteiger charge is 2.27. The van der Waals surface area contributed by atoms with Crippen LogP contribution >= 0.6 is 11.3 Å². The molecule has 1 atom stereocenters. The Bertz CT molecular complexity index is 1140. The fourth-order valence-corrected chi connectivity index (χ4v) is 4.93. The molecule has 0 aromatic carbocycles. The number of methoxy groups -OCH3 is 1. The molecule has 1 saturated heterocycles. The zero-order valence-corrected chi connectivity index (χ0v) is 18.6. The van der Waals surface area contributed by atoms with Crippen molar-refractivity contribution in [1.29, 1.82) is 0 Å². The Morgan fingerprint density at radius 1 is 1.32 bits per heavy atom. The van der Waals surface area contributed by atoms with E-state index in [1.807, 2.05) is 6.92 Å². The molecule has 3 aromatic rings. The molecule has 0 radical (unpaired) electrons. The van der Waals surface area contributed by atoms with E-state index in [1.54, 1.807) is 6.92 Å². The second-order valence-corrected chi connectivity index (χ2v) is 8.63. The minimum atomic E-state index is -0.466. The van der Waals surface area contributed by atoms with Gasteiger partial charge in [-0.25, -0.2) is 9.78 Å². The molecule has 0 amide bonds. The number of H-pyrrole nitrogens is 1. The highest BCUT2D eigenvalue weighted by atomic mass is 32.1. The van der Waals surface area contributed by atoms with E-state index in [4.69, 9.17) is 14.0 Å². The van der Waals surface area contributed by atoms with Crippen LogP contribution in [0.15, 0.2) is 9.32 Å². The molecule has 0 spiro atoms. The first-order valence-corrected chi connectivity index (χ1v) is 11.0. The molecule has 1 fully saturated rings. The van der Waals surface area contributed by atoms with Gasteiger partial charge < -0.3 is 19.0 Å². The van der Waals surface area contributed by atoms with E-state index in [9.17, 15) is 9.59 Å². The number of aromatic nitrogens is 4. The van der Waals surface area contributed by atoms with Crippen LogP contribution in [0.4, 0.5) is 0 Å². The van der Waals surface area contributed by atoms with Crippen LogP contribution in [0.25, 0.3) is 10.2 Å². The third kappa shape index (κ3) is 4.68. The molecule has 1 N–H and O–H groups in total. The maximum absolute atomic E-state index is 12.7. The third-order valence-corrected chi connectivity index (χ3v) is 6.49. The van der Waals surface area contributed by atoms with E-state index >= 15 is 0 Å². The lowest BCUT2D eigenvalue weighted by Crippen LogP contribution is -2.35. The van der Waals surface area contributed by atoms with E-state index in [1.165, 1.54) is 18.4 Å². The molecule has 166 valence electrons. The van der Waals surface area contributed by atoms with E-state index < -0.39 is 5.97 Å². The molecule has 1 unspecified atom stereocenters. The van der Waals surface area contributed by atoms with Crippen LogP contribution < -0.4 is 5.56 Å². The summed E-state index contributed by atoms with van der Waals surface area (Å²) in [7, 11) is 1.54. The highest BCUT2D eigenvalue weighted by molar-refractivity contribution is 7.20. The van der Waals surface area contributed by atoms with Crippen LogP contribution in [-0.2, 0) is 16.0 Å². The third-order valence-electron chi connectivity index (χ3n) is 5.33. The number of aryl methyl sites for hydroxylation is 2. The van der Waals surface area contributed by atoms with Crippen molar-refractivity contribution < 1.29 is 18.8 Å². The quantitative estimate of drug-likeness (QED) is 0.428. The standard InChI is InChI=1S/C20H25N5O5S/c1-11-15-17(26)22-14(23-19(15)31-16(11)20(27)29-8-7-28-3)10-25-6-4-5-13(9-25)18-21-12(2)24-30-18/h13H,4-10H2,1-3H3,(H,22,23,26). The summed E-state index contributed by atoms with van der Waals surface area (Å²) in [5.41, 5.74) is 0.346. The number of esters is 1. The van der Waals surface area contributed by atoms with Crippen molar-refractivity contribution in [2.45, 2.75) is 39.2 Å². The number of nitrogens with zero attached hydrogens (tertiary/aromatic N) is 4. The van der Waals surface area contributed by atoms with Crippen molar-refractivity contribution >= 4 is 27.5 Å². The maximum atomic E-state index is 12.7. The van der Waals surface area contributed by atoms with E-state index in [2.05, 4.69) is 25.0 Å². The summed E-state index contributed by atoms with van der Waals surface area (Å²) in [4.78, 5) is 40.1. The normalized spacial score (nSPS) is 17.3. The summed E-state index contributed by atoms with van der Waals surface area (Å²) in [6.45, 7) is 6.17. The first-order valence-electron chi connectivity index (χ1n) is 10.2. The SMILES string of the molecule is COCCOC(=O)c1sc2nc(CN3CCCC(c4nc(C)no4)C3)[nH]c(=O)c2c1C. The number of rotatable bonds is 7. The number of nitrogens with one attached hydrogen (secondary N) is 1. The molecular formula is C20H25N5O5S. The maximum Gasteiger partial charge on any atom is 0.348 e. The Balaban J connectivity index is 1.52. The molecule has 10 nitrogen and oxygen atoms in total. The van der Waals surface area contributed by atoms with E-state index in [0.29, 0.717) is 51.3 Å². The molecule has 0 aliphatic carbocycles. The lowest BCUT2D eigenvalue weighted by molar-refractivity contribution is 0.0393. The fraction of sp³-hybridized carbons (Fsp3) is 0.550. The van der Waals surface area contributed by atoms with Gasteiger partial charge in [-0.2, -0.15) is 4.98 Å². The van der Waals surface area contributed by atoms with Crippen molar-refractivity contribution in [3.8, 4) is 0 Å². The van der Waals surface area contributed by atoms with Crippen molar-refractivity contribution in [1.82, 2.24) is 25.0 Å². The summed E-state index contributed by atoms with van der Waals surface area (Å²) in [5, 5.41) is 4.32. The monoisotopic (exact) mass is 447 g/mol. The van der Waals surface area contributed by atoms with Gasteiger partial charge in [0.2, 0.25) is 5.89 Å². The molecule has 0 bridgehead atoms. The minimum Gasteiger partial charge on any atom is -0.459 e. The molecule has 11 heteroatoms. The average molecular weight is 448 g/mol. The average Bonchev–Trinajstić information content (AvgIpc) is 3.32. The van der Waals surface area contributed by atoms with Crippen molar-refractivity contribution in [3.05, 3.63) is 38.3 Å². The number of piperidine rings is 1. The van der Waals surface area contributed by atoms with Crippen LogP contribution in [0.3, 0.4) is 0 Å². The van der Waals surface area contributed by atoms with Gasteiger partial charge in [0, 0.05) is 13.7 Å². The zero-order chi connectivity index (χ0) is 22.0. The largest absolute Gasteiger partial charge is 0.459 e. The Kier molecular flexibility index (Phi) is 6.44. The minimum absolute atomic E-state index is 0.160. The molecule has 3 aromatic heterocycles. The van der Waals surface area contributed by atoms with E-state index in [0.717, 1.165) is 25.9 Å². The van der Waals surface area contributed by atoms with Gasteiger partial charge >= 0.3 is 5.97 Å². The highest BCUT2D eigenvalue weighted by Crippen LogP contribution is 2.29. The lowest BCUT2D eigenvalue weighted by atomic mass is 9.98. The number of hydrogen-bond donors (Lipinski definition) is 1. The summed E-state index contributed by atoms with van der Waals surface area (Å²) >= 11 is 1.18. The van der Waals surface area contributed by atoms with Gasteiger partial charge in [0.1, 0.15) is 22.1 Å². The predicted molar refractivity (Wildman–Crippen MR) is 113 cm³/mol. The number of aromatic amines is 1. The van der Waals surface area contributed by atoms with Crippen molar-refractivity contribution in [3.63, 3.8) is 0 Å². The van der Waals surface area contributed by atoms with Gasteiger partial charge in [-0.15, -0.1) is 11.3 Å². The first kappa shape index (κ1) is 21.6. The molecule has 1 aliphatic heterocycles. The molecule has 4 heterocycles. The van der Waals surface area contributed by atoms with Gasteiger partial charge in [0.05, 0.1) is 24.5 Å². The Hall–Kier alpha value is -2.63. The molecule has 0 saturated carbocycles. The number of fused-ring (bicyclic) bond motifs is 1. The smallest absolute Gasteiger partial charge is 0.348 e. The number of likely N-dealkylation sites (tertiary alicyclic amines) is 1. The second kappa shape index (κ2) is 9.25. The number of hydrogen-bond acceptors (Lipinski definition) is 10. The Morgan fingerprint density at radius 2 is 2.16 bits per heavy atom. The summed E-state index contributed by atoms with van der Waals surface area (Å²) in [5.74, 6) is 1.56. The van der Waals surface area contributed by atoms with Crippen LogP contribution in [0, 0.1) is 13.8 Å². The number of carbonyl (C=O) groups excluding carboxylic acids is 1. The van der Waals surface area contributed by atoms with Crippen LogP contribution in [0.1, 0.15) is 51.5 Å². The second-order valence-electron chi connectivity index (χ2n) is 7.63. The molecular weight excluding hydrogens is 422 g/mol. The predicted octanol–water partition coefficient (Wildman–Crippen LogP) is 2.17. The Labute approximate surface area is 182 Å². The van der Waals surface area contributed by atoms with Gasteiger partial charge in [-0.1, -0.05) is 5.16 Å². The number of ether oxygens (including phenoxy) is 2. The molecule has 1 aliphatic rings. The van der Waals surface area contributed by atoms with Gasteiger partial charge in [-0.3, -0.25) is 9.69 Å². The van der Waals surface area contributed by atoms with Crippen molar-refractivity contribution in [2.24, 2.45) is 0 Å². The van der Waals surface area contributed by atoms with Crippen LogP contribution in [-0.4, -0.2) is 64.4 Å². The topological polar surface area (TPSA) is 123 Å². The van der Waals surface area contributed by atoms with E-state index in [-0.39, 0.29) is 18.1 Å².